The molecule has 2 aromatic heterocycles. The summed E-state index contributed by atoms with van der Waals surface area (Å²) in [4.78, 5) is 36.4. The summed E-state index contributed by atoms with van der Waals surface area (Å²) in [6.07, 6.45) is 2.33. The van der Waals surface area contributed by atoms with Gasteiger partial charge in [0.1, 0.15) is 5.82 Å². The van der Waals surface area contributed by atoms with Crippen molar-refractivity contribution < 1.29 is 0 Å². The molecule has 0 unspecified atom stereocenters. The van der Waals surface area contributed by atoms with Gasteiger partial charge in [-0.15, -0.1) is 0 Å². The molecule has 1 saturated heterocycles. The molecule has 0 spiro atoms. The molecule has 152 valence electrons. The van der Waals surface area contributed by atoms with Gasteiger partial charge in [-0.05, 0) is 31.2 Å². The summed E-state index contributed by atoms with van der Waals surface area (Å²) in [5.74, 6) is 0.755. The van der Waals surface area contributed by atoms with E-state index >= 15 is 0 Å². The molecule has 3 heterocycles. The quantitative estimate of drug-likeness (QED) is 0.669. The van der Waals surface area contributed by atoms with Crippen LogP contribution in [0.5, 0.6) is 0 Å². The van der Waals surface area contributed by atoms with Crippen LogP contribution in [0.2, 0.25) is 10.0 Å². The lowest BCUT2D eigenvalue weighted by Crippen LogP contribution is -2.47. The first-order chi connectivity index (χ1) is 14.0. The number of halogens is 2. The van der Waals surface area contributed by atoms with Crippen molar-refractivity contribution >= 4 is 39.9 Å². The van der Waals surface area contributed by atoms with Crippen molar-refractivity contribution in [2.75, 3.05) is 37.6 Å². The van der Waals surface area contributed by atoms with Gasteiger partial charge in [0.25, 0.3) is 5.56 Å². The normalized spacial score (nSPS) is 15.2. The summed E-state index contributed by atoms with van der Waals surface area (Å²) >= 11 is 12.2. The molecule has 1 aliphatic rings. The minimum Gasteiger partial charge on any atom is -0.353 e. The molecular weight excluding hydrogens is 413 g/mol. The molecule has 4 rings (SSSR count). The highest BCUT2D eigenvalue weighted by atomic mass is 35.5. The maximum atomic E-state index is 12.6. The summed E-state index contributed by atoms with van der Waals surface area (Å²) < 4.78 is 1.29. The lowest BCUT2D eigenvalue weighted by Gasteiger charge is -2.35. The molecule has 0 radical (unpaired) electrons. The van der Waals surface area contributed by atoms with Crippen molar-refractivity contribution in [3.8, 4) is 0 Å². The van der Waals surface area contributed by atoms with Crippen LogP contribution in [0.1, 0.15) is 6.42 Å². The Morgan fingerprint density at radius 3 is 2.55 bits per heavy atom. The highest BCUT2D eigenvalue weighted by Crippen LogP contribution is 2.26. The average Bonchev–Trinajstić information content (AvgIpc) is 2.71. The summed E-state index contributed by atoms with van der Waals surface area (Å²) in [6.45, 7) is 4.56. The summed E-state index contributed by atoms with van der Waals surface area (Å²) in [5.41, 5.74) is -0.0241. The molecule has 0 aliphatic carbocycles. The fraction of sp³-hybridized carbons (Fsp3) is 0.350. The van der Waals surface area contributed by atoms with Gasteiger partial charge in [0.2, 0.25) is 0 Å². The molecule has 1 aliphatic heterocycles. The fourth-order valence-corrected chi connectivity index (χ4v) is 4.18. The fourth-order valence-electron chi connectivity index (χ4n) is 3.68. The number of rotatable bonds is 5. The number of aromatic amines is 1. The lowest BCUT2D eigenvalue weighted by molar-refractivity contribution is 0.249. The molecule has 0 atom stereocenters. The van der Waals surface area contributed by atoms with Gasteiger partial charge >= 0.3 is 5.69 Å². The number of hydrogen-bond acceptors (Lipinski definition) is 5. The molecule has 1 aromatic carbocycles. The van der Waals surface area contributed by atoms with Crippen molar-refractivity contribution in [2.24, 2.45) is 0 Å². The van der Waals surface area contributed by atoms with E-state index in [9.17, 15) is 9.59 Å². The highest BCUT2D eigenvalue weighted by Gasteiger charge is 2.20. The summed E-state index contributed by atoms with van der Waals surface area (Å²) in [7, 11) is 0. The monoisotopic (exact) mass is 433 g/mol. The van der Waals surface area contributed by atoms with Crippen LogP contribution in [-0.4, -0.2) is 52.2 Å². The molecular formula is C20H21Cl2N5O2. The Morgan fingerprint density at radius 1 is 1.03 bits per heavy atom. The van der Waals surface area contributed by atoms with Crippen molar-refractivity contribution in [2.45, 2.75) is 13.0 Å². The Balaban J connectivity index is 1.34. The van der Waals surface area contributed by atoms with E-state index in [2.05, 4.69) is 19.8 Å². The maximum absolute atomic E-state index is 12.6. The molecule has 29 heavy (non-hydrogen) atoms. The van der Waals surface area contributed by atoms with Gasteiger partial charge < -0.3 is 9.88 Å². The third kappa shape index (κ3) is 4.32. The second-order valence-corrected chi connectivity index (χ2v) is 7.92. The second kappa shape index (κ2) is 8.57. The number of nitrogens with one attached hydrogen (secondary N) is 1. The van der Waals surface area contributed by atoms with Crippen LogP contribution in [0.15, 0.2) is 46.1 Å². The lowest BCUT2D eigenvalue weighted by atomic mass is 10.2. The number of pyridine rings is 1. The smallest absolute Gasteiger partial charge is 0.328 e. The van der Waals surface area contributed by atoms with E-state index in [1.54, 1.807) is 36.5 Å². The van der Waals surface area contributed by atoms with E-state index in [-0.39, 0.29) is 11.2 Å². The first-order valence-corrected chi connectivity index (χ1v) is 10.3. The van der Waals surface area contributed by atoms with E-state index in [4.69, 9.17) is 23.2 Å². The molecule has 0 saturated carbocycles. The third-order valence-electron chi connectivity index (χ3n) is 5.21. The van der Waals surface area contributed by atoms with Crippen LogP contribution in [0.3, 0.4) is 0 Å². The van der Waals surface area contributed by atoms with Gasteiger partial charge in [0.15, 0.2) is 0 Å². The van der Waals surface area contributed by atoms with Crippen molar-refractivity contribution in [3.63, 3.8) is 0 Å². The van der Waals surface area contributed by atoms with Crippen molar-refractivity contribution in [3.05, 3.63) is 67.4 Å². The van der Waals surface area contributed by atoms with Gasteiger partial charge in [0.05, 0.1) is 20.9 Å². The Labute approximate surface area is 177 Å². The van der Waals surface area contributed by atoms with Crippen LogP contribution >= 0.6 is 23.2 Å². The Morgan fingerprint density at radius 2 is 1.79 bits per heavy atom. The summed E-state index contributed by atoms with van der Waals surface area (Å²) in [6, 6.07) is 8.78. The number of nitrogens with zero attached hydrogens (tertiary/aromatic N) is 4. The first-order valence-electron chi connectivity index (χ1n) is 9.53. The molecule has 7 nitrogen and oxygen atoms in total. The topological polar surface area (TPSA) is 74.2 Å². The Bertz CT molecular complexity index is 1140. The van der Waals surface area contributed by atoms with Crippen LogP contribution < -0.4 is 16.1 Å². The number of anilines is 1. The molecule has 3 aromatic rings. The van der Waals surface area contributed by atoms with Crippen molar-refractivity contribution in [1.82, 2.24) is 19.4 Å². The minimum atomic E-state index is -0.359. The predicted octanol–water partition coefficient (Wildman–Crippen LogP) is 2.60. The zero-order valence-corrected chi connectivity index (χ0v) is 17.3. The molecule has 0 amide bonds. The maximum Gasteiger partial charge on any atom is 0.328 e. The van der Waals surface area contributed by atoms with Crippen LogP contribution in [-0.2, 0) is 6.54 Å². The predicted molar refractivity (Wildman–Crippen MR) is 116 cm³/mol. The molecule has 1 N–H and O–H groups in total. The molecule has 9 heteroatoms. The Hall–Kier alpha value is -2.35. The minimum absolute atomic E-state index is 0.238. The van der Waals surface area contributed by atoms with Gasteiger partial charge in [-0.25, -0.2) is 9.78 Å². The number of hydrogen-bond donors (Lipinski definition) is 1. The van der Waals surface area contributed by atoms with E-state index < -0.39 is 0 Å². The zero-order valence-electron chi connectivity index (χ0n) is 15.8. The average molecular weight is 434 g/mol. The number of H-pyrrole nitrogens is 1. The van der Waals surface area contributed by atoms with E-state index in [1.807, 2.05) is 0 Å². The second-order valence-electron chi connectivity index (χ2n) is 7.07. The van der Waals surface area contributed by atoms with Crippen LogP contribution in [0.25, 0.3) is 10.9 Å². The van der Waals surface area contributed by atoms with Gasteiger partial charge in [-0.2, -0.15) is 0 Å². The number of fused-ring (bicyclic) bond motifs is 1. The number of para-hydroxylation sites is 1. The van der Waals surface area contributed by atoms with Crippen LogP contribution in [0, 0.1) is 0 Å². The van der Waals surface area contributed by atoms with E-state index in [0.29, 0.717) is 27.5 Å². The SMILES string of the molecule is O=c1[nH]c2ccccc2c(=O)n1CCCN1CCN(c2ncc(Cl)cc2Cl)CC1. The highest BCUT2D eigenvalue weighted by molar-refractivity contribution is 6.36. The van der Waals surface area contributed by atoms with Gasteiger partial charge in [0, 0.05) is 38.9 Å². The largest absolute Gasteiger partial charge is 0.353 e. The standard InChI is InChI=1S/C20H21Cl2N5O2/c21-14-12-16(22)18(23-13-14)26-10-8-25(9-11-26)6-3-7-27-19(28)15-4-1-2-5-17(15)24-20(27)29/h1-2,4-5,12-13H,3,6-11H2,(H,24,29). The molecule has 0 bridgehead atoms. The zero-order chi connectivity index (χ0) is 20.4. The summed E-state index contributed by atoms with van der Waals surface area (Å²) in [5, 5.41) is 1.62. The Kier molecular flexibility index (Phi) is 5.89. The van der Waals surface area contributed by atoms with Crippen molar-refractivity contribution in [1.29, 1.82) is 0 Å². The van der Waals surface area contributed by atoms with Gasteiger partial charge in [-0.1, -0.05) is 35.3 Å². The number of piperazine rings is 1. The van der Waals surface area contributed by atoms with Gasteiger partial charge in [-0.3, -0.25) is 14.3 Å². The number of benzene rings is 1. The first kappa shape index (κ1) is 19.9. The van der Waals surface area contributed by atoms with E-state index in [0.717, 1.165) is 45.0 Å². The third-order valence-corrected chi connectivity index (χ3v) is 5.69. The van der Waals surface area contributed by atoms with Crippen LogP contribution in [0.4, 0.5) is 5.82 Å². The molecule has 1 fully saturated rings. The van der Waals surface area contributed by atoms with E-state index in [1.165, 1.54) is 4.57 Å². The number of aromatic nitrogens is 3.